The molecule has 0 bridgehead atoms. The first-order chi connectivity index (χ1) is 56.2. The van der Waals surface area contributed by atoms with Crippen LogP contribution in [-0.2, 0) is 70.7 Å². The number of phosphoric ester groups is 1. The van der Waals surface area contributed by atoms with E-state index in [2.05, 4.69) is 39.8 Å². The van der Waals surface area contributed by atoms with Gasteiger partial charge in [-0.2, -0.15) is 0 Å². The third-order valence-electron chi connectivity index (χ3n) is 23.0. The molecule has 26 heteroatoms. The maximum atomic E-state index is 14.9. The highest BCUT2D eigenvalue weighted by Crippen LogP contribution is 2.49. The average molecular weight is 1680 g/mol. The van der Waals surface area contributed by atoms with Gasteiger partial charge in [0.1, 0.15) is 92.6 Å². The fraction of sp³-hybridized carbons (Fsp3) is 0.933. The number of carbonyl (C=O) groups excluding carboxylic acids is 4. The van der Waals surface area contributed by atoms with E-state index in [0.29, 0.717) is 32.1 Å². The lowest BCUT2D eigenvalue weighted by Crippen LogP contribution is -2.70. The van der Waals surface area contributed by atoms with E-state index in [9.17, 15) is 74.6 Å². The van der Waals surface area contributed by atoms with E-state index in [0.717, 1.165) is 148 Å². The molecule has 1 aliphatic carbocycles. The Hall–Kier alpha value is -2.79. The van der Waals surface area contributed by atoms with Crippen LogP contribution in [0.1, 0.15) is 407 Å². The predicted molar refractivity (Wildman–Crippen MR) is 449 cm³/mol. The number of aliphatic hydroxyl groups is 9. The normalized spacial score (nSPS) is 25.2. The van der Waals surface area contributed by atoms with Crippen LogP contribution in [0.25, 0.3) is 0 Å². The molecular weight excluding hydrogens is 1510 g/mol. The number of carbonyl (C=O) groups is 4. The van der Waals surface area contributed by atoms with Gasteiger partial charge in [0.15, 0.2) is 24.8 Å². The van der Waals surface area contributed by atoms with Gasteiger partial charge in [-0.1, -0.05) is 342 Å². The highest BCUT2D eigenvalue weighted by molar-refractivity contribution is 7.47. The van der Waals surface area contributed by atoms with Crippen LogP contribution in [0.3, 0.4) is 0 Å². The molecule has 18 unspecified atom stereocenters. The molecule has 10 N–H and O–H groups in total. The van der Waals surface area contributed by atoms with Crippen molar-refractivity contribution in [2.45, 2.75) is 511 Å². The summed E-state index contributed by atoms with van der Waals surface area (Å²) < 4.78 is 73.4. The van der Waals surface area contributed by atoms with Crippen molar-refractivity contribution in [3.63, 3.8) is 0 Å². The zero-order valence-corrected chi connectivity index (χ0v) is 73.5. The van der Waals surface area contributed by atoms with Gasteiger partial charge in [-0.3, -0.25) is 28.2 Å². The number of hydrogen-bond donors (Lipinski definition) is 10. The molecule has 0 amide bonds. The van der Waals surface area contributed by atoms with Gasteiger partial charge in [0.2, 0.25) is 0 Å². The molecule has 1 saturated carbocycles. The maximum Gasteiger partial charge on any atom is 0.472 e. The Morgan fingerprint density at radius 1 is 0.336 bits per heavy atom. The van der Waals surface area contributed by atoms with Gasteiger partial charge in [-0.25, -0.2) is 4.57 Å². The number of aliphatic hydroxyl groups excluding tert-OH is 9. The molecule has 3 aliphatic rings. The van der Waals surface area contributed by atoms with Gasteiger partial charge in [0, 0.05) is 25.7 Å². The Balaban J connectivity index is 1.91. The molecule has 0 aromatic rings. The van der Waals surface area contributed by atoms with Crippen molar-refractivity contribution in [1.29, 1.82) is 0 Å². The van der Waals surface area contributed by atoms with E-state index >= 15 is 0 Å². The highest BCUT2D eigenvalue weighted by atomic mass is 31.2. The quantitative estimate of drug-likeness (QED) is 0.00889. The average Bonchev–Trinajstić information content (AvgIpc) is 0.754. The van der Waals surface area contributed by atoms with Gasteiger partial charge in [-0.15, -0.1) is 0 Å². The SMILES string of the molecule is CCCCCC/C=C\CCCCCCCCCC(=O)OCC(COP(=O)(O)OC1C(OC2OC(CO)C(O)C(O)C2O)C(O)C(O)C(OC(=O)CCCCCCCCCCCCCCC)C1OC1OC(COC(=O)CCCCCCCCCCCCCCC)C(O)C(O)C1O)OC(=O)CCCCCCCCCCCCCCCCCC. The second-order valence-corrected chi connectivity index (χ2v) is 34.9. The Bertz CT molecular complexity index is 2460. The predicted octanol–water partition coefficient (Wildman–Crippen LogP) is 17.2. The van der Waals surface area contributed by atoms with Gasteiger partial charge < -0.3 is 88.7 Å². The summed E-state index contributed by atoms with van der Waals surface area (Å²) in [7, 11) is -5.80. The first kappa shape index (κ1) is 107. The lowest BCUT2D eigenvalue weighted by Gasteiger charge is -2.50. The molecule has 25 nitrogen and oxygen atoms in total. The minimum Gasteiger partial charge on any atom is -0.463 e. The zero-order chi connectivity index (χ0) is 84.7. The largest absolute Gasteiger partial charge is 0.472 e. The molecule has 2 heterocycles. The van der Waals surface area contributed by atoms with Gasteiger partial charge in [0.05, 0.1) is 13.2 Å². The van der Waals surface area contributed by atoms with E-state index in [1.165, 1.54) is 173 Å². The van der Waals surface area contributed by atoms with Crippen molar-refractivity contribution in [2.75, 3.05) is 26.4 Å². The summed E-state index contributed by atoms with van der Waals surface area (Å²) in [5, 5.41) is 102. The van der Waals surface area contributed by atoms with Crippen LogP contribution in [0.15, 0.2) is 12.2 Å². The van der Waals surface area contributed by atoms with Crippen LogP contribution >= 0.6 is 7.82 Å². The molecule has 0 radical (unpaired) electrons. The third kappa shape index (κ3) is 49.5. The van der Waals surface area contributed by atoms with Crippen molar-refractivity contribution in [2.24, 2.45) is 0 Å². The Kier molecular flexibility index (Phi) is 64.4. The second-order valence-electron chi connectivity index (χ2n) is 33.5. The van der Waals surface area contributed by atoms with E-state index in [-0.39, 0.29) is 25.7 Å². The summed E-state index contributed by atoms with van der Waals surface area (Å²) >= 11 is 0. The van der Waals surface area contributed by atoms with E-state index in [1.54, 1.807) is 0 Å². The second kappa shape index (κ2) is 69.6. The maximum absolute atomic E-state index is 14.9. The Morgan fingerprint density at radius 2 is 0.647 bits per heavy atom. The summed E-state index contributed by atoms with van der Waals surface area (Å²) in [4.78, 5) is 66.4. The monoisotopic (exact) mass is 1680 g/mol. The van der Waals surface area contributed by atoms with Crippen LogP contribution in [-0.4, -0.2) is 205 Å². The molecular formula is C90H167O25P. The van der Waals surface area contributed by atoms with Crippen LogP contribution in [0, 0.1) is 0 Å². The molecule has 2 saturated heterocycles. The molecule has 18 atom stereocenters. The van der Waals surface area contributed by atoms with Crippen molar-refractivity contribution in [1.82, 2.24) is 0 Å². The number of rotatable bonds is 76. The molecule has 2 aliphatic heterocycles. The molecule has 0 aromatic carbocycles. The molecule has 116 heavy (non-hydrogen) atoms. The summed E-state index contributed by atoms with van der Waals surface area (Å²) in [5.74, 6) is -2.95. The first-order valence-electron chi connectivity index (χ1n) is 46.9. The lowest BCUT2D eigenvalue weighted by atomic mass is 9.84. The van der Waals surface area contributed by atoms with E-state index in [4.69, 9.17) is 46.9 Å². The number of allylic oxidation sites excluding steroid dienone is 2. The summed E-state index contributed by atoms with van der Waals surface area (Å²) in [6.45, 7) is 5.59. The topological polar surface area (TPSA) is 380 Å². The fourth-order valence-electron chi connectivity index (χ4n) is 15.5. The fourth-order valence-corrected chi connectivity index (χ4v) is 16.5. The molecule has 0 spiro atoms. The van der Waals surface area contributed by atoms with Crippen molar-refractivity contribution in [3.8, 4) is 0 Å². The number of hydrogen-bond acceptors (Lipinski definition) is 24. The Labute approximate surface area is 699 Å². The summed E-state index contributed by atoms with van der Waals surface area (Å²) in [5.41, 5.74) is 0. The van der Waals surface area contributed by atoms with Crippen LogP contribution in [0.2, 0.25) is 0 Å². The van der Waals surface area contributed by atoms with E-state index < -0.39 is 162 Å². The third-order valence-corrected chi connectivity index (χ3v) is 24.0. The smallest absolute Gasteiger partial charge is 0.463 e. The number of esters is 4. The lowest BCUT2D eigenvalue weighted by molar-refractivity contribution is -0.360. The van der Waals surface area contributed by atoms with Crippen LogP contribution < -0.4 is 0 Å². The summed E-state index contributed by atoms with van der Waals surface area (Å²) in [6.07, 6.45) is 27.8. The van der Waals surface area contributed by atoms with Crippen LogP contribution in [0.4, 0.5) is 0 Å². The standard InChI is InChI=1S/C90H167O25P/c1-5-9-13-17-21-25-29-33-35-37-41-45-48-52-56-60-64-75(94)109-70(67-106-73(92)62-58-54-50-46-43-40-36-34-30-26-22-18-14-10-6-2)68-108-116(104,105)115-88-86(113-89-83(102)79(98)77(96)71(66-91)110-89)82(101)81(100)85(112-76(95)65-61-57-53-49-44-39-32-28-24-20-16-12-8-4)87(88)114-90-84(103)80(99)78(97)72(111-90)69-107-74(93)63-59-55-51-47-42-38-31-27-23-19-15-11-7-3/h26,30,70-72,77-91,96-103H,5-25,27-29,31-69H2,1-4H3,(H,104,105)/b30-26-. The minimum atomic E-state index is -5.80. The van der Waals surface area contributed by atoms with Gasteiger partial charge in [0.25, 0.3) is 0 Å². The summed E-state index contributed by atoms with van der Waals surface area (Å²) in [6, 6.07) is 0. The molecule has 0 aromatic heterocycles. The van der Waals surface area contributed by atoms with Crippen LogP contribution in [0.5, 0.6) is 0 Å². The molecule has 3 rings (SSSR count). The van der Waals surface area contributed by atoms with Crippen molar-refractivity contribution >= 4 is 31.7 Å². The van der Waals surface area contributed by atoms with Gasteiger partial charge in [-0.05, 0) is 51.4 Å². The molecule has 3 fully saturated rings. The number of unbranched alkanes of at least 4 members (excludes halogenated alkanes) is 50. The minimum absolute atomic E-state index is 0.0186. The van der Waals surface area contributed by atoms with Crippen molar-refractivity contribution < 1.29 is 122 Å². The molecule has 682 valence electrons. The van der Waals surface area contributed by atoms with E-state index in [1.807, 2.05) is 0 Å². The first-order valence-corrected chi connectivity index (χ1v) is 48.4. The van der Waals surface area contributed by atoms with Crippen molar-refractivity contribution in [3.05, 3.63) is 12.2 Å². The Morgan fingerprint density at radius 3 is 1.03 bits per heavy atom. The highest BCUT2D eigenvalue weighted by Gasteiger charge is 2.60. The van der Waals surface area contributed by atoms with Gasteiger partial charge >= 0.3 is 31.7 Å². The zero-order valence-electron chi connectivity index (χ0n) is 72.6. The number of ether oxygens (including phenoxy) is 8. The number of phosphoric acid groups is 1.